The molecule has 2 aliphatic rings. The molecule has 136 valence electrons. The van der Waals surface area contributed by atoms with Gasteiger partial charge in [0.1, 0.15) is 11.6 Å². The molecule has 3 rings (SSSR count). The van der Waals surface area contributed by atoms with E-state index in [1.54, 1.807) is 4.90 Å². The zero-order chi connectivity index (χ0) is 18.0. The predicted octanol–water partition coefficient (Wildman–Crippen LogP) is 3.49. The zero-order valence-corrected chi connectivity index (χ0v) is 14.1. The van der Waals surface area contributed by atoms with Gasteiger partial charge in [-0.3, -0.25) is 9.59 Å². The van der Waals surface area contributed by atoms with Gasteiger partial charge in [-0.2, -0.15) is 0 Å². The fourth-order valence-electron chi connectivity index (χ4n) is 4.12. The molecule has 1 heterocycles. The Hall–Kier alpha value is -1.98. The van der Waals surface area contributed by atoms with E-state index < -0.39 is 23.0 Å². The molecule has 0 aromatic heterocycles. The van der Waals surface area contributed by atoms with Crippen molar-refractivity contribution in [3.63, 3.8) is 0 Å². The molecule has 1 aliphatic carbocycles. The third kappa shape index (κ3) is 3.53. The van der Waals surface area contributed by atoms with E-state index in [4.69, 9.17) is 5.11 Å². The molecule has 1 saturated heterocycles. The van der Waals surface area contributed by atoms with Crippen LogP contribution in [-0.4, -0.2) is 35.0 Å². The number of carboxylic acids is 1. The van der Waals surface area contributed by atoms with Crippen molar-refractivity contribution in [1.29, 1.82) is 0 Å². The van der Waals surface area contributed by atoms with E-state index in [9.17, 15) is 18.4 Å². The number of halogens is 2. The molecule has 1 N–H and O–H groups in total. The average molecular weight is 351 g/mol. The number of carbonyl (C=O) groups is 2. The number of carbonyl (C=O) groups excluding carboxylic acids is 1. The number of hydrogen-bond donors (Lipinski definition) is 1. The Kier molecular flexibility index (Phi) is 5.06. The lowest BCUT2D eigenvalue weighted by atomic mass is 9.63. The highest BCUT2D eigenvalue weighted by Gasteiger charge is 2.49. The van der Waals surface area contributed by atoms with Crippen molar-refractivity contribution in [2.45, 2.75) is 50.4 Å². The van der Waals surface area contributed by atoms with E-state index in [1.807, 2.05) is 0 Å². The monoisotopic (exact) mass is 351 g/mol. The third-order valence-corrected chi connectivity index (χ3v) is 5.64. The van der Waals surface area contributed by atoms with Crippen LogP contribution in [0, 0.1) is 17.6 Å². The fourth-order valence-corrected chi connectivity index (χ4v) is 4.12. The smallest absolute Gasteiger partial charge is 0.303 e. The van der Waals surface area contributed by atoms with Gasteiger partial charge in [-0.15, -0.1) is 0 Å². The van der Waals surface area contributed by atoms with Gasteiger partial charge in [0.25, 0.3) is 0 Å². The van der Waals surface area contributed by atoms with Crippen LogP contribution in [0.2, 0.25) is 0 Å². The van der Waals surface area contributed by atoms with Gasteiger partial charge >= 0.3 is 5.97 Å². The number of piperidine rings is 1. The lowest BCUT2D eigenvalue weighted by Crippen LogP contribution is -2.54. The maximum atomic E-state index is 14.3. The van der Waals surface area contributed by atoms with Gasteiger partial charge in [-0.05, 0) is 44.1 Å². The van der Waals surface area contributed by atoms with Gasteiger partial charge in [-0.1, -0.05) is 12.5 Å². The van der Waals surface area contributed by atoms with E-state index >= 15 is 0 Å². The molecule has 0 spiro atoms. The number of hydrogen-bond acceptors (Lipinski definition) is 2. The summed E-state index contributed by atoms with van der Waals surface area (Å²) in [6.07, 6.45) is 4.39. The molecule has 0 radical (unpaired) electrons. The van der Waals surface area contributed by atoms with Gasteiger partial charge in [0.05, 0.1) is 5.41 Å². The Morgan fingerprint density at radius 2 is 2.00 bits per heavy atom. The number of aliphatic carboxylic acids is 1. The van der Waals surface area contributed by atoms with E-state index in [2.05, 4.69) is 0 Å². The van der Waals surface area contributed by atoms with Crippen molar-refractivity contribution in [1.82, 2.24) is 4.90 Å². The second kappa shape index (κ2) is 7.10. The highest BCUT2D eigenvalue weighted by molar-refractivity contribution is 5.89. The van der Waals surface area contributed by atoms with Gasteiger partial charge in [-0.25, -0.2) is 8.78 Å². The first kappa shape index (κ1) is 17.8. The lowest BCUT2D eigenvalue weighted by molar-refractivity contribution is -0.143. The number of amides is 1. The summed E-state index contributed by atoms with van der Waals surface area (Å²) in [5.74, 6) is -2.05. The molecular weight excluding hydrogens is 328 g/mol. The number of nitrogens with zero attached hydrogens (tertiary/aromatic N) is 1. The molecule has 4 nitrogen and oxygen atoms in total. The first-order valence-corrected chi connectivity index (χ1v) is 8.89. The summed E-state index contributed by atoms with van der Waals surface area (Å²) in [5, 5.41) is 8.84. The molecule has 1 aromatic rings. The topological polar surface area (TPSA) is 57.6 Å². The Morgan fingerprint density at radius 1 is 1.24 bits per heavy atom. The third-order valence-electron chi connectivity index (χ3n) is 5.64. The van der Waals surface area contributed by atoms with Gasteiger partial charge in [0.15, 0.2) is 0 Å². The minimum absolute atomic E-state index is 0.0933. The predicted molar refractivity (Wildman–Crippen MR) is 88.1 cm³/mol. The van der Waals surface area contributed by atoms with Gasteiger partial charge in [0, 0.05) is 31.1 Å². The second-order valence-electron chi connectivity index (χ2n) is 7.25. The molecule has 1 unspecified atom stereocenters. The fraction of sp³-hybridized carbons (Fsp3) is 0.579. The first-order valence-electron chi connectivity index (χ1n) is 8.89. The lowest BCUT2D eigenvalue weighted by Gasteiger charge is -2.46. The van der Waals surface area contributed by atoms with Crippen LogP contribution in [0.25, 0.3) is 0 Å². The number of benzene rings is 1. The largest absolute Gasteiger partial charge is 0.481 e. The number of likely N-dealkylation sites (tertiary alicyclic amines) is 1. The van der Waals surface area contributed by atoms with Crippen LogP contribution in [0.3, 0.4) is 0 Å². The molecule has 1 aromatic carbocycles. The van der Waals surface area contributed by atoms with Crippen LogP contribution in [0.5, 0.6) is 0 Å². The van der Waals surface area contributed by atoms with Crippen LogP contribution in [0.4, 0.5) is 8.78 Å². The van der Waals surface area contributed by atoms with Crippen LogP contribution >= 0.6 is 0 Å². The Bertz CT molecular complexity index is 673. The molecule has 1 amide bonds. The average Bonchev–Trinajstić information content (AvgIpc) is 2.54. The van der Waals surface area contributed by atoms with Crippen molar-refractivity contribution in [3.8, 4) is 0 Å². The summed E-state index contributed by atoms with van der Waals surface area (Å²) in [7, 11) is 0. The van der Waals surface area contributed by atoms with Crippen molar-refractivity contribution in [2.24, 2.45) is 5.92 Å². The molecule has 1 saturated carbocycles. The molecule has 1 aliphatic heterocycles. The standard InChI is InChI=1S/C19H23F2NO3/c20-14-5-6-15(16(21)11-14)19(8-2-9-19)18(25)22-10-1-3-13(12-22)4-7-17(23)24/h5-6,11,13H,1-4,7-10,12H2,(H,23,24). The van der Waals surface area contributed by atoms with Gasteiger partial charge in [0.2, 0.25) is 5.91 Å². The maximum absolute atomic E-state index is 14.3. The summed E-state index contributed by atoms with van der Waals surface area (Å²) in [4.78, 5) is 25.7. The zero-order valence-electron chi connectivity index (χ0n) is 14.1. The highest BCUT2D eigenvalue weighted by atomic mass is 19.1. The van der Waals surface area contributed by atoms with Crippen molar-refractivity contribution in [3.05, 3.63) is 35.4 Å². The highest BCUT2D eigenvalue weighted by Crippen LogP contribution is 2.46. The quantitative estimate of drug-likeness (QED) is 0.883. The second-order valence-corrected chi connectivity index (χ2v) is 7.25. The van der Waals surface area contributed by atoms with Crippen molar-refractivity contribution < 1.29 is 23.5 Å². The molecule has 0 bridgehead atoms. The molecule has 1 atom stereocenters. The minimum atomic E-state index is -0.882. The number of rotatable bonds is 5. The Morgan fingerprint density at radius 3 is 2.60 bits per heavy atom. The van der Waals surface area contributed by atoms with E-state index in [0.717, 1.165) is 25.3 Å². The van der Waals surface area contributed by atoms with Crippen molar-refractivity contribution in [2.75, 3.05) is 13.1 Å². The minimum Gasteiger partial charge on any atom is -0.481 e. The molecule has 6 heteroatoms. The van der Waals surface area contributed by atoms with Crippen LogP contribution in [0.1, 0.15) is 50.5 Å². The van der Waals surface area contributed by atoms with E-state index in [1.165, 1.54) is 12.1 Å². The summed E-state index contributed by atoms with van der Waals surface area (Å²) in [6, 6.07) is 3.44. The SMILES string of the molecule is O=C(O)CCC1CCCN(C(=O)C2(c3ccc(F)cc3F)CCC2)C1. The Balaban J connectivity index is 1.76. The molecular formula is C19H23F2NO3. The van der Waals surface area contributed by atoms with E-state index in [-0.39, 0.29) is 23.8 Å². The molecule has 2 fully saturated rings. The van der Waals surface area contributed by atoms with Crippen LogP contribution < -0.4 is 0 Å². The number of carboxylic acid groups (broad SMARTS) is 1. The first-order chi connectivity index (χ1) is 11.9. The van der Waals surface area contributed by atoms with Crippen molar-refractivity contribution >= 4 is 11.9 Å². The van der Waals surface area contributed by atoms with Gasteiger partial charge < -0.3 is 10.0 Å². The van der Waals surface area contributed by atoms with Crippen LogP contribution in [0.15, 0.2) is 18.2 Å². The Labute approximate surface area is 145 Å². The summed E-state index contributed by atoms with van der Waals surface area (Å²) in [5.41, 5.74) is -0.593. The molecule has 25 heavy (non-hydrogen) atoms. The maximum Gasteiger partial charge on any atom is 0.303 e. The van der Waals surface area contributed by atoms with E-state index in [0.29, 0.717) is 32.4 Å². The summed E-state index contributed by atoms with van der Waals surface area (Å²) >= 11 is 0. The summed E-state index contributed by atoms with van der Waals surface area (Å²) < 4.78 is 27.5. The summed E-state index contributed by atoms with van der Waals surface area (Å²) in [6.45, 7) is 1.14. The van der Waals surface area contributed by atoms with Crippen LogP contribution in [-0.2, 0) is 15.0 Å². The normalized spacial score (nSPS) is 22.3.